The van der Waals surface area contributed by atoms with Crippen molar-refractivity contribution in [3.63, 3.8) is 0 Å². The van der Waals surface area contributed by atoms with Gasteiger partial charge in [0.2, 0.25) is 0 Å². The SMILES string of the molecule is CCNC(=NCC1(CCOCC)CC1)NCCN1CCCCC1.I. The Hall–Kier alpha value is -0.0800. The van der Waals surface area contributed by atoms with Crippen LogP contribution < -0.4 is 10.6 Å². The first-order valence-electron chi connectivity index (χ1n) is 9.60. The second-order valence-corrected chi connectivity index (χ2v) is 6.97. The van der Waals surface area contributed by atoms with E-state index in [1.54, 1.807) is 0 Å². The monoisotopic (exact) mass is 452 g/mol. The van der Waals surface area contributed by atoms with Gasteiger partial charge in [-0.05, 0) is 64.5 Å². The molecule has 1 aliphatic carbocycles. The summed E-state index contributed by atoms with van der Waals surface area (Å²) in [5.41, 5.74) is 0.421. The van der Waals surface area contributed by atoms with Gasteiger partial charge in [0.15, 0.2) is 5.96 Å². The molecule has 0 spiro atoms. The second kappa shape index (κ2) is 12.3. The molecular weight excluding hydrogens is 415 g/mol. The molecule has 2 rings (SSSR count). The molecule has 0 aromatic rings. The van der Waals surface area contributed by atoms with Crippen LogP contribution in [-0.2, 0) is 4.74 Å². The van der Waals surface area contributed by atoms with Crippen molar-refractivity contribution in [3.8, 4) is 0 Å². The third kappa shape index (κ3) is 8.34. The van der Waals surface area contributed by atoms with Gasteiger partial charge in [0.25, 0.3) is 0 Å². The van der Waals surface area contributed by atoms with Crippen LogP contribution in [0, 0.1) is 5.41 Å². The zero-order valence-electron chi connectivity index (χ0n) is 15.6. The van der Waals surface area contributed by atoms with Gasteiger partial charge in [-0.15, -0.1) is 24.0 Å². The largest absolute Gasteiger partial charge is 0.382 e. The van der Waals surface area contributed by atoms with Crippen LogP contribution in [0.3, 0.4) is 0 Å². The van der Waals surface area contributed by atoms with Crippen LogP contribution in [-0.4, -0.2) is 63.3 Å². The number of nitrogens with one attached hydrogen (secondary N) is 2. The molecule has 2 fully saturated rings. The highest BCUT2D eigenvalue weighted by molar-refractivity contribution is 14.0. The fourth-order valence-corrected chi connectivity index (χ4v) is 3.20. The molecule has 2 N–H and O–H groups in total. The maximum absolute atomic E-state index is 5.51. The Labute approximate surface area is 165 Å². The highest BCUT2D eigenvalue weighted by atomic mass is 127. The van der Waals surface area contributed by atoms with Crippen molar-refractivity contribution in [1.82, 2.24) is 15.5 Å². The summed E-state index contributed by atoms with van der Waals surface area (Å²) >= 11 is 0. The van der Waals surface area contributed by atoms with E-state index in [-0.39, 0.29) is 24.0 Å². The lowest BCUT2D eigenvalue weighted by Crippen LogP contribution is -2.43. The topological polar surface area (TPSA) is 48.9 Å². The highest BCUT2D eigenvalue weighted by Crippen LogP contribution is 2.48. The summed E-state index contributed by atoms with van der Waals surface area (Å²) in [5.74, 6) is 0.979. The van der Waals surface area contributed by atoms with E-state index in [1.165, 1.54) is 45.2 Å². The Balaban J connectivity index is 0.00000288. The van der Waals surface area contributed by atoms with Crippen LogP contribution >= 0.6 is 24.0 Å². The lowest BCUT2D eigenvalue weighted by atomic mass is 10.0. The molecule has 1 aliphatic heterocycles. The minimum atomic E-state index is 0. The molecule has 0 radical (unpaired) electrons. The van der Waals surface area contributed by atoms with Gasteiger partial charge in [-0.25, -0.2) is 0 Å². The van der Waals surface area contributed by atoms with Gasteiger partial charge in [0.1, 0.15) is 0 Å². The third-order valence-corrected chi connectivity index (χ3v) is 5.02. The Morgan fingerprint density at radius 3 is 2.50 bits per heavy atom. The molecule has 1 heterocycles. The summed E-state index contributed by atoms with van der Waals surface area (Å²) in [6.07, 6.45) is 7.87. The maximum atomic E-state index is 5.51. The molecule has 24 heavy (non-hydrogen) atoms. The molecule has 142 valence electrons. The van der Waals surface area contributed by atoms with E-state index < -0.39 is 0 Å². The number of likely N-dealkylation sites (tertiary alicyclic amines) is 1. The van der Waals surface area contributed by atoms with E-state index in [4.69, 9.17) is 9.73 Å². The molecule has 0 bridgehead atoms. The Morgan fingerprint density at radius 2 is 1.88 bits per heavy atom. The number of guanidine groups is 1. The summed E-state index contributed by atoms with van der Waals surface area (Å²) in [6, 6.07) is 0. The lowest BCUT2D eigenvalue weighted by Gasteiger charge is -2.26. The normalized spacial score (nSPS) is 20.3. The van der Waals surface area contributed by atoms with Gasteiger partial charge in [-0.1, -0.05) is 6.42 Å². The van der Waals surface area contributed by atoms with Gasteiger partial charge in [0, 0.05) is 39.4 Å². The standard InChI is InChI=1S/C18H36N4O.HI/c1-3-19-17(20-11-14-22-12-6-5-7-13-22)21-16-18(8-9-18)10-15-23-4-2;/h3-16H2,1-2H3,(H2,19,20,21);1H. The molecule has 1 saturated carbocycles. The second-order valence-electron chi connectivity index (χ2n) is 6.97. The molecule has 5 nitrogen and oxygen atoms in total. The molecule has 0 aromatic heterocycles. The molecule has 0 atom stereocenters. The predicted octanol–water partition coefficient (Wildman–Crippen LogP) is 2.85. The predicted molar refractivity (Wildman–Crippen MR) is 112 cm³/mol. The van der Waals surface area contributed by atoms with Gasteiger partial charge < -0.3 is 20.3 Å². The first-order valence-corrected chi connectivity index (χ1v) is 9.60. The van der Waals surface area contributed by atoms with Crippen molar-refractivity contribution in [2.24, 2.45) is 10.4 Å². The number of hydrogen-bond acceptors (Lipinski definition) is 3. The summed E-state index contributed by atoms with van der Waals surface area (Å²) in [5, 5.41) is 6.88. The van der Waals surface area contributed by atoms with E-state index >= 15 is 0 Å². The summed E-state index contributed by atoms with van der Waals surface area (Å²) in [6.45, 7) is 12.4. The molecule has 2 aliphatic rings. The van der Waals surface area contributed by atoms with E-state index in [0.29, 0.717) is 5.41 Å². The van der Waals surface area contributed by atoms with Crippen molar-refractivity contribution in [1.29, 1.82) is 0 Å². The van der Waals surface area contributed by atoms with Gasteiger partial charge >= 0.3 is 0 Å². The Kier molecular flexibility index (Phi) is 11.3. The van der Waals surface area contributed by atoms with E-state index in [9.17, 15) is 0 Å². The molecule has 0 aromatic carbocycles. The third-order valence-electron chi connectivity index (χ3n) is 5.02. The summed E-state index contributed by atoms with van der Waals surface area (Å²) < 4.78 is 5.51. The zero-order chi connectivity index (χ0) is 16.4. The Morgan fingerprint density at radius 1 is 1.12 bits per heavy atom. The Bertz CT molecular complexity index is 355. The smallest absolute Gasteiger partial charge is 0.191 e. The number of rotatable bonds is 10. The average Bonchev–Trinajstić information content (AvgIpc) is 3.34. The van der Waals surface area contributed by atoms with Crippen LogP contribution in [0.4, 0.5) is 0 Å². The van der Waals surface area contributed by atoms with Crippen LogP contribution in [0.15, 0.2) is 4.99 Å². The molecule has 0 amide bonds. The maximum Gasteiger partial charge on any atom is 0.191 e. The zero-order valence-corrected chi connectivity index (χ0v) is 17.9. The number of aliphatic imine (C=N–C) groups is 1. The van der Waals surface area contributed by atoms with Crippen LogP contribution in [0.2, 0.25) is 0 Å². The summed E-state index contributed by atoms with van der Waals surface area (Å²) in [7, 11) is 0. The minimum Gasteiger partial charge on any atom is -0.382 e. The molecule has 1 saturated heterocycles. The van der Waals surface area contributed by atoms with E-state index in [0.717, 1.165) is 51.8 Å². The van der Waals surface area contributed by atoms with Crippen molar-refractivity contribution < 1.29 is 4.74 Å². The fraction of sp³-hybridized carbons (Fsp3) is 0.944. The highest BCUT2D eigenvalue weighted by Gasteiger charge is 2.41. The first-order chi connectivity index (χ1) is 11.3. The number of hydrogen-bond donors (Lipinski definition) is 2. The summed E-state index contributed by atoms with van der Waals surface area (Å²) in [4.78, 5) is 7.39. The van der Waals surface area contributed by atoms with Crippen LogP contribution in [0.5, 0.6) is 0 Å². The van der Waals surface area contributed by atoms with Gasteiger partial charge in [0.05, 0.1) is 0 Å². The van der Waals surface area contributed by atoms with Gasteiger partial charge in [-0.2, -0.15) is 0 Å². The first kappa shape index (κ1) is 22.0. The molecule has 0 unspecified atom stereocenters. The fourth-order valence-electron chi connectivity index (χ4n) is 3.20. The molecular formula is C18H37IN4O. The minimum absolute atomic E-state index is 0. The van der Waals surface area contributed by atoms with Crippen LogP contribution in [0.25, 0.3) is 0 Å². The van der Waals surface area contributed by atoms with E-state index in [2.05, 4.69) is 29.4 Å². The lowest BCUT2D eigenvalue weighted by molar-refractivity contribution is 0.129. The average molecular weight is 452 g/mol. The van der Waals surface area contributed by atoms with Crippen molar-refractivity contribution in [2.75, 3.05) is 52.5 Å². The number of nitrogens with zero attached hydrogens (tertiary/aromatic N) is 2. The van der Waals surface area contributed by atoms with Gasteiger partial charge in [-0.3, -0.25) is 4.99 Å². The quantitative estimate of drug-likeness (QED) is 0.232. The number of piperidine rings is 1. The van der Waals surface area contributed by atoms with Crippen molar-refractivity contribution >= 4 is 29.9 Å². The van der Waals surface area contributed by atoms with Crippen molar-refractivity contribution in [2.45, 2.75) is 52.4 Å². The van der Waals surface area contributed by atoms with Crippen molar-refractivity contribution in [3.05, 3.63) is 0 Å². The number of halogens is 1. The molecule has 6 heteroatoms. The van der Waals surface area contributed by atoms with Crippen LogP contribution in [0.1, 0.15) is 52.4 Å². The number of ether oxygens (including phenoxy) is 1. The van der Waals surface area contributed by atoms with E-state index in [1.807, 2.05) is 0 Å².